The molecule has 0 bridgehead atoms. The monoisotopic (exact) mass is 280 g/mol. The number of carbonyl (C=O) groups is 1. The van der Waals surface area contributed by atoms with E-state index in [9.17, 15) is 14.9 Å². The Hall–Kier alpha value is -2.11. The predicted octanol–water partition coefficient (Wildman–Crippen LogP) is 3.45. The second-order valence-corrected chi connectivity index (χ2v) is 4.79. The minimum absolute atomic E-state index is 0.0747. The molecular formula is C14H20N2O4. The lowest BCUT2D eigenvalue weighted by atomic mass is 10.0. The van der Waals surface area contributed by atoms with E-state index in [1.165, 1.54) is 6.07 Å². The lowest BCUT2D eigenvalue weighted by Crippen LogP contribution is -2.14. The Kier molecular flexibility index (Phi) is 5.49. The van der Waals surface area contributed by atoms with Crippen LogP contribution in [-0.4, -0.2) is 22.5 Å². The Balaban J connectivity index is 3.11. The van der Waals surface area contributed by atoms with Gasteiger partial charge in [0.2, 0.25) is 0 Å². The quantitative estimate of drug-likeness (QED) is 0.589. The number of rotatable bonds is 7. The minimum atomic E-state index is -1.17. The van der Waals surface area contributed by atoms with Gasteiger partial charge in [-0.3, -0.25) is 10.1 Å². The Labute approximate surface area is 118 Å². The number of carboxylic acid groups (broad SMARTS) is 1. The van der Waals surface area contributed by atoms with Crippen molar-refractivity contribution in [2.75, 3.05) is 11.9 Å². The van der Waals surface area contributed by atoms with Gasteiger partial charge in [0.1, 0.15) is 0 Å². The van der Waals surface area contributed by atoms with Gasteiger partial charge in [-0.1, -0.05) is 26.7 Å². The molecule has 0 aliphatic rings. The average molecular weight is 280 g/mol. The second-order valence-electron chi connectivity index (χ2n) is 4.79. The normalized spacial score (nSPS) is 10.6. The highest BCUT2D eigenvalue weighted by Gasteiger charge is 2.19. The standard InChI is InChI=1S/C14H20N2O4/c1-4-10(5-2)8-15-12-6-11(14(17)18)7-13(9(12)3)16(19)20/h6-7,10,15H,4-5,8H2,1-3H3,(H,17,18). The molecule has 6 heteroatoms. The fourth-order valence-corrected chi connectivity index (χ4v) is 2.03. The van der Waals surface area contributed by atoms with Gasteiger partial charge in [0.05, 0.1) is 10.5 Å². The van der Waals surface area contributed by atoms with Gasteiger partial charge in [-0.25, -0.2) is 4.79 Å². The van der Waals surface area contributed by atoms with E-state index in [-0.39, 0.29) is 11.3 Å². The SMILES string of the molecule is CCC(CC)CNc1cc(C(=O)O)cc([N+](=O)[O-])c1C. The maximum atomic E-state index is 11.0. The highest BCUT2D eigenvalue weighted by Crippen LogP contribution is 2.28. The molecule has 20 heavy (non-hydrogen) atoms. The minimum Gasteiger partial charge on any atom is -0.478 e. The molecule has 0 spiro atoms. The summed E-state index contributed by atoms with van der Waals surface area (Å²) >= 11 is 0. The lowest BCUT2D eigenvalue weighted by molar-refractivity contribution is -0.385. The van der Waals surface area contributed by atoms with Crippen molar-refractivity contribution in [3.8, 4) is 0 Å². The Bertz CT molecular complexity index is 510. The third kappa shape index (κ3) is 3.69. The zero-order chi connectivity index (χ0) is 15.3. The van der Waals surface area contributed by atoms with Crippen molar-refractivity contribution < 1.29 is 14.8 Å². The molecule has 0 fully saturated rings. The summed E-state index contributed by atoms with van der Waals surface area (Å²) in [5, 5.41) is 23.1. The third-order valence-corrected chi connectivity index (χ3v) is 3.56. The Morgan fingerprint density at radius 1 is 1.40 bits per heavy atom. The molecule has 0 radical (unpaired) electrons. The van der Waals surface area contributed by atoms with Crippen molar-refractivity contribution >= 4 is 17.3 Å². The summed E-state index contributed by atoms with van der Waals surface area (Å²) in [6, 6.07) is 2.55. The zero-order valence-electron chi connectivity index (χ0n) is 12.0. The highest BCUT2D eigenvalue weighted by atomic mass is 16.6. The van der Waals surface area contributed by atoms with Gasteiger partial charge in [0.25, 0.3) is 5.69 Å². The van der Waals surface area contributed by atoms with Gasteiger partial charge in [-0.05, 0) is 18.9 Å². The summed E-state index contributed by atoms with van der Waals surface area (Å²) in [5.41, 5.74) is 0.737. The van der Waals surface area contributed by atoms with Gasteiger partial charge in [-0.2, -0.15) is 0 Å². The number of aromatic carboxylic acids is 1. The molecule has 0 saturated heterocycles. The largest absolute Gasteiger partial charge is 0.478 e. The van der Waals surface area contributed by atoms with Gasteiger partial charge < -0.3 is 10.4 Å². The first-order chi connectivity index (χ1) is 9.40. The molecule has 1 aromatic carbocycles. The Morgan fingerprint density at radius 3 is 2.45 bits per heavy atom. The molecule has 0 aliphatic carbocycles. The molecule has 0 amide bonds. The molecule has 0 aliphatic heterocycles. The van der Waals surface area contributed by atoms with E-state index in [1.54, 1.807) is 6.92 Å². The smallest absolute Gasteiger partial charge is 0.336 e. The fraction of sp³-hybridized carbons (Fsp3) is 0.500. The van der Waals surface area contributed by atoms with Crippen LogP contribution < -0.4 is 5.32 Å². The van der Waals surface area contributed by atoms with Crippen LogP contribution in [0.3, 0.4) is 0 Å². The summed E-state index contributed by atoms with van der Waals surface area (Å²) in [7, 11) is 0. The van der Waals surface area contributed by atoms with Crippen LogP contribution in [0.1, 0.15) is 42.6 Å². The fourth-order valence-electron chi connectivity index (χ4n) is 2.03. The number of hydrogen-bond donors (Lipinski definition) is 2. The molecule has 1 rings (SSSR count). The molecule has 0 heterocycles. The average Bonchev–Trinajstić information content (AvgIpc) is 2.40. The number of hydrogen-bond acceptors (Lipinski definition) is 4. The van der Waals surface area contributed by atoms with E-state index in [0.29, 0.717) is 23.7 Å². The molecule has 2 N–H and O–H groups in total. The van der Waals surface area contributed by atoms with E-state index in [4.69, 9.17) is 5.11 Å². The van der Waals surface area contributed by atoms with E-state index in [2.05, 4.69) is 19.2 Å². The number of nitrogens with zero attached hydrogens (tertiary/aromatic N) is 1. The van der Waals surface area contributed by atoms with Crippen molar-refractivity contribution in [3.05, 3.63) is 33.4 Å². The second kappa shape index (κ2) is 6.88. The number of benzene rings is 1. The number of nitro groups is 1. The summed E-state index contributed by atoms with van der Waals surface area (Å²) in [5.74, 6) is -0.708. The molecule has 6 nitrogen and oxygen atoms in total. The lowest BCUT2D eigenvalue weighted by Gasteiger charge is -2.16. The van der Waals surface area contributed by atoms with Crippen molar-refractivity contribution in [3.63, 3.8) is 0 Å². The summed E-state index contributed by atoms with van der Waals surface area (Å²) in [6.07, 6.45) is 2.01. The van der Waals surface area contributed by atoms with Crippen LogP contribution in [0.15, 0.2) is 12.1 Å². The highest BCUT2D eigenvalue weighted by molar-refractivity contribution is 5.90. The maximum absolute atomic E-state index is 11.0. The molecule has 110 valence electrons. The molecule has 0 aromatic heterocycles. The van der Waals surface area contributed by atoms with Gasteiger partial charge in [-0.15, -0.1) is 0 Å². The van der Waals surface area contributed by atoms with Crippen LogP contribution in [0.2, 0.25) is 0 Å². The third-order valence-electron chi connectivity index (χ3n) is 3.56. The van der Waals surface area contributed by atoms with Crippen molar-refractivity contribution in [1.82, 2.24) is 0 Å². The van der Waals surface area contributed by atoms with Crippen LogP contribution in [0, 0.1) is 23.0 Å². The first-order valence-corrected chi connectivity index (χ1v) is 6.66. The van der Waals surface area contributed by atoms with E-state index in [0.717, 1.165) is 18.9 Å². The van der Waals surface area contributed by atoms with Crippen LogP contribution in [0.25, 0.3) is 0 Å². The van der Waals surface area contributed by atoms with Crippen LogP contribution in [0.5, 0.6) is 0 Å². The molecular weight excluding hydrogens is 260 g/mol. The van der Waals surface area contributed by atoms with E-state index >= 15 is 0 Å². The predicted molar refractivity (Wildman–Crippen MR) is 77.4 cm³/mol. The summed E-state index contributed by atoms with van der Waals surface area (Å²) in [6.45, 7) is 6.46. The van der Waals surface area contributed by atoms with Crippen molar-refractivity contribution in [2.24, 2.45) is 5.92 Å². The first kappa shape index (κ1) is 15.9. The summed E-state index contributed by atoms with van der Waals surface area (Å²) < 4.78 is 0. The number of anilines is 1. The van der Waals surface area contributed by atoms with Crippen LogP contribution in [0.4, 0.5) is 11.4 Å². The number of nitro benzene ring substituents is 1. The summed E-state index contributed by atoms with van der Waals surface area (Å²) in [4.78, 5) is 21.5. The zero-order valence-corrected chi connectivity index (χ0v) is 12.0. The molecule has 0 saturated carbocycles. The topological polar surface area (TPSA) is 92.5 Å². The van der Waals surface area contributed by atoms with Gasteiger partial charge >= 0.3 is 5.97 Å². The number of nitrogens with one attached hydrogen (secondary N) is 1. The van der Waals surface area contributed by atoms with Crippen LogP contribution >= 0.6 is 0 Å². The van der Waals surface area contributed by atoms with Crippen molar-refractivity contribution in [1.29, 1.82) is 0 Å². The molecule has 1 aromatic rings. The number of carboxylic acids is 1. The Morgan fingerprint density at radius 2 is 2.00 bits per heavy atom. The van der Waals surface area contributed by atoms with Gasteiger partial charge in [0.15, 0.2) is 0 Å². The van der Waals surface area contributed by atoms with E-state index < -0.39 is 10.9 Å². The molecule has 0 atom stereocenters. The van der Waals surface area contributed by atoms with Crippen LogP contribution in [-0.2, 0) is 0 Å². The van der Waals surface area contributed by atoms with Crippen molar-refractivity contribution in [2.45, 2.75) is 33.6 Å². The first-order valence-electron chi connectivity index (χ1n) is 6.66. The van der Waals surface area contributed by atoms with E-state index in [1.807, 2.05) is 0 Å². The maximum Gasteiger partial charge on any atom is 0.336 e. The van der Waals surface area contributed by atoms with Gasteiger partial charge in [0, 0.05) is 23.9 Å². The molecule has 0 unspecified atom stereocenters.